The molecule has 1 N–H and O–H groups in total. The number of hydrogen-bond acceptors (Lipinski definition) is 3. The normalized spacial score (nSPS) is 11.2. The molecular weight excluding hydrogens is 437 g/mol. The molecule has 2 aromatic carbocycles. The van der Waals surface area contributed by atoms with Crippen molar-refractivity contribution in [1.82, 2.24) is 9.99 Å². The van der Waals surface area contributed by atoms with E-state index in [1.165, 1.54) is 11.1 Å². The van der Waals surface area contributed by atoms with E-state index in [1.807, 2.05) is 44.2 Å². The molecule has 0 bridgehead atoms. The maximum absolute atomic E-state index is 12.1. The number of amides is 1. The predicted molar refractivity (Wildman–Crippen MR) is 128 cm³/mol. The number of hydrazone groups is 1. The molecule has 0 spiro atoms. The van der Waals surface area contributed by atoms with Crippen molar-refractivity contribution in [3.05, 3.63) is 86.7 Å². The fourth-order valence-electron chi connectivity index (χ4n) is 3.17. The van der Waals surface area contributed by atoms with Crippen LogP contribution in [0.5, 0.6) is 0 Å². The van der Waals surface area contributed by atoms with Gasteiger partial charge in [-0.2, -0.15) is 5.10 Å². The third kappa shape index (κ3) is 5.48. The average Bonchev–Trinajstić information content (AvgIpc) is 2.99. The third-order valence-electron chi connectivity index (χ3n) is 4.78. The molecule has 156 valence electrons. The summed E-state index contributed by atoms with van der Waals surface area (Å²) in [5, 5.41) is 5.15. The standard InChI is InChI=1S/C23H23Cl2N3OS/c1-15-6-4-5-7-18(15)13-30-14-23(29)27-26-12-19-10-16(2)28(17(19)3)20-8-9-21(24)22(25)11-20/h4-12H,13-14H2,1-3H3,(H,27,29)/b26-12-. The zero-order valence-electron chi connectivity index (χ0n) is 17.1. The van der Waals surface area contributed by atoms with E-state index in [2.05, 4.69) is 34.2 Å². The summed E-state index contributed by atoms with van der Waals surface area (Å²) >= 11 is 13.8. The first-order chi connectivity index (χ1) is 14.4. The molecule has 0 saturated heterocycles. The van der Waals surface area contributed by atoms with E-state index in [-0.39, 0.29) is 5.91 Å². The summed E-state index contributed by atoms with van der Waals surface area (Å²) in [7, 11) is 0. The monoisotopic (exact) mass is 459 g/mol. The number of rotatable bonds is 7. The lowest BCUT2D eigenvalue weighted by Gasteiger charge is -2.10. The second-order valence-electron chi connectivity index (χ2n) is 6.97. The molecule has 0 aliphatic rings. The Kier molecular flexibility index (Phi) is 7.64. The minimum atomic E-state index is -0.122. The molecule has 3 rings (SSSR count). The predicted octanol–water partition coefficient (Wildman–Crippen LogP) is 6.09. The molecule has 0 aliphatic carbocycles. The highest BCUT2D eigenvalue weighted by atomic mass is 35.5. The lowest BCUT2D eigenvalue weighted by molar-refractivity contribution is -0.118. The molecular formula is C23H23Cl2N3OS. The number of hydrogen-bond donors (Lipinski definition) is 1. The van der Waals surface area contributed by atoms with Gasteiger partial charge in [-0.1, -0.05) is 47.5 Å². The van der Waals surface area contributed by atoms with Gasteiger partial charge in [-0.05, 0) is 56.2 Å². The van der Waals surface area contributed by atoms with E-state index < -0.39 is 0 Å². The molecule has 3 aromatic rings. The van der Waals surface area contributed by atoms with Crippen molar-refractivity contribution in [3.8, 4) is 5.69 Å². The lowest BCUT2D eigenvalue weighted by Crippen LogP contribution is -2.19. The van der Waals surface area contributed by atoms with E-state index in [1.54, 1.807) is 24.0 Å². The Hall–Kier alpha value is -2.21. The number of aryl methyl sites for hydroxylation is 2. The zero-order valence-corrected chi connectivity index (χ0v) is 19.4. The van der Waals surface area contributed by atoms with Gasteiger partial charge < -0.3 is 4.57 Å². The molecule has 1 aromatic heterocycles. The van der Waals surface area contributed by atoms with Gasteiger partial charge in [-0.3, -0.25) is 4.79 Å². The molecule has 1 heterocycles. The summed E-state index contributed by atoms with van der Waals surface area (Å²) in [5.74, 6) is 1.03. The highest BCUT2D eigenvalue weighted by Gasteiger charge is 2.11. The third-order valence-corrected chi connectivity index (χ3v) is 6.50. The summed E-state index contributed by atoms with van der Waals surface area (Å²) in [4.78, 5) is 12.1. The van der Waals surface area contributed by atoms with Crippen LogP contribution in [-0.4, -0.2) is 22.4 Å². The number of thioether (sulfide) groups is 1. The average molecular weight is 460 g/mol. The molecule has 0 fully saturated rings. The maximum Gasteiger partial charge on any atom is 0.250 e. The van der Waals surface area contributed by atoms with Crippen LogP contribution in [0.25, 0.3) is 5.69 Å². The van der Waals surface area contributed by atoms with Crippen LogP contribution in [0.4, 0.5) is 0 Å². The van der Waals surface area contributed by atoms with Gasteiger partial charge in [-0.15, -0.1) is 11.8 Å². The molecule has 0 radical (unpaired) electrons. The van der Waals surface area contributed by atoms with Gasteiger partial charge in [0.15, 0.2) is 0 Å². The summed E-state index contributed by atoms with van der Waals surface area (Å²) < 4.78 is 2.07. The Morgan fingerprint density at radius 2 is 1.87 bits per heavy atom. The summed E-state index contributed by atoms with van der Waals surface area (Å²) in [6, 6.07) is 15.7. The van der Waals surface area contributed by atoms with Crippen molar-refractivity contribution in [2.24, 2.45) is 5.10 Å². The second-order valence-corrected chi connectivity index (χ2v) is 8.77. The maximum atomic E-state index is 12.1. The first kappa shape index (κ1) is 22.5. The van der Waals surface area contributed by atoms with Crippen LogP contribution in [0.1, 0.15) is 28.1 Å². The minimum Gasteiger partial charge on any atom is -0.318 e. The fourth-order valence-corrected chi connectivity index (χ4v) is 4.36. The van der Waals surface area contributed by atoms with Crippen molar-refractivity contribution in [2.75, 3.05) is 5.75 Å². The van der Waals surface area contributed by atoms with Gasteiger partial charge in [0.25, 0.3) is 0 Å². The number of carbonyl (C=O) groups excluding carboxylic acids is 1. The lowest BCUT2D eigenvalue weighted by atomic mass is 10.1. The molecule has 0 saturated carbocycles. The molecule has 0 aliphatic heterocycles. The van der Waals surface area contributed by atoms with Gasteiger partial charge in [0.2, 0.25) is 5.91 Å². The van der Waals surface area contributed by atoms with Crippen LogP contribution in [0.15, 0.2) is 53.6 Å². The number of nitrogens with one attached hydrogen (secondary N) is 1. The SMILES string of the molecule is Cc1ccccc1CSCC(=O)N/N=C\c1cc(C)n(-c2ccc(Cl)c(Cl)c2)c1C. The van der Waals surface area contributed by atoms with Crippen molar-refractivity contribution < 1.29 is 4.79 Å². The molecule has 0 unspecified atom stereocenters. The molecule has 7 heteroatoms. The number of aromatic nitrogens is 1. The van der Waals surface area contributed by atoms with Crippen LogP contribution in [0.2, 0.25) is 10.0 Å². The van der Waals surface area contributed by atoms with E-state index >= 15 is 0 Å². The number of benzene rings is 2. The molecule has 1 amide bonds. The van der Waals surface area contributed by atoms with E-state index in [0.717, 1.165) is 28.4 Å². The van der Waals surface area contributed by atoms with E-state index in [9.17, 15) is 4.79 Å². The summed E-state index contributed by atoms with van der Waals surface area (Å²) in [5.41, 5.74) is 8.97. The molecule has 30 heavy (non-hydrogen) atoms. The van der Waals surface area contributed by atoms with Crippen molar-refractivity contribution in [1.29, 1.82) is 0 Å². The highest BCUT2D eigenvalue weighted by molar-refractivity contribution is 7.99. The minimum absolute atomic E-state index is 0.122. The van der Waals surface area contributed by atoms with Gasteiger partial charge in [-0.25, -0.2) is 5.43 Å². The van der Waals surface area contributed by atoms with Crippen molar-refractivity contribution in [2.45, 2.75) is 26.5 Å². The first-order valence-electron chi connectivity index (χ1n) is 9.45. The van der Waals surface area contributed by atoms with Crippen LogP contribution in [0, 0.1) is 20.8 Å². The van der Waals surface area contributed by atoms with Crippen LogP contribution in [-0.2, 0) is 10.5 Å². The van der Waals surface area contributed by atoms with Crippen LogP contribution < -0.4 is 5.43 Å². The van der Waals surface area contributed by atoms with E-state index in [0.29, 0.717) is 15.8 Å². The Morgan fingerprint density at radius 1 is 1.10 bits per heavy atom. The molecule has 4 nitrogen and oxygen atoms in total. The summed E-state index contributed by atoms with van der Waals surface area (Å²) in [6.45, 7) is 6.08. The van der Waals surface area contributed by atoms with Gasteiger partial charge >= 0.3 is 0 Å². The first-order valence-corrected chi connectivity index (χ1v) is 11.4. The Bertz CT molecular complexity index is 1090. The van der Waals surface area contributed by atoms with Gasteiger partial charge in [0, 0.05) is 28.4 Å². The van der Waals surface area contributed by atoms with E-state index in [4.69, 9.17) is 23.2 Å². The van der Waals surface area contributed by atoms with Crippen LogP contribution >= 0.6 is 35.0 Å². The zero-order chi connectivity index (χ0) is 21.7. The Morgan fingerprint density at radius 3 is 2.60 bits per heavy atom. The van der Waals surface area contributed by atoms with Crippen LogP contribution in [0.3, 0.4) is 0 Å². The Labute approximate surface area is 191 Å². The topological polar surface area (TPSA) is 46.4 Å². The van der Waals surface area contributed by atoms with Gasteiger partial charge in [0.1, 0.15) is 0 Å². The number of halogens is 2. The quantitative estimate of drug-likeness (QED) is 0.343. The Balaban J connectivity index is 1.59. The number of nitrogens with zero attached hydrogens (tertiary/aromatic N) is 2. The van der Waals surface area contributed by atoms with Gasteiger partial charge in [0.05, 0.1) is 22.0 Å². The smallest absolute Gasteiger partial charge is 0.250 e. The summed E-state index contributed by atoms with van der Waals surface area (Å²) in [6.07, 6.45) is 1.67. The number of carbonyl (C=O) groups is 1. The second kappa shape index (κ2) is 10.2. The van der Waals surface area contributed by atoms with Crippen molar-refractivity contribution in [3.63, 3.8) is 0 Å². The largest absolute Gasteiger partial charge is 0.318 e. The fraction of sp³-hybridized carbons (Fsp3) is 0.217. The van der Waals surface area contributed by atoms with Crippen molar-refractivity contribution >= 4 is 47.1 Å². The highest BCUT2D eigenvalue weighted by Crippen LogP contribution is 2.27. The molecule has 0 atom stereocenters.